The van der Waals surface area contributed by atoms with Gasteiger partial charge in [-0.25, -0.2) is 0 Å². The first-order valence-electron chi connectivity index (χ1n) is 9.04. The SMILES string of the molecule is CC1=C2N(C=CC2(C)C)C(C2CCCC2)N1c1ccccc1C. The Morgan fingerprint density at radius 1 is 1.04 bits per heavy atom. The molecule has 2 nitrogen and oxygen atoms in total. The Hall–Kier alpha value is -1.70. The monoisotopic (exact) mass is 308 g/mol. The number of allylic oxidation sites excluding steroid dienone is 2. The van der Waals surface area contributed by atoms with Crippen LogP contribution in [0.5, 0.6) is 0 Å². The fourth-order valence-corrected chi connectivity index (χ4v) is 4.91. The maximum atomic E-state index is 2.63. The number of fused-ring (bicyclic) bond motifs is 1. The Bertz CT molecular complexity index is 677. The first kappa shape index (κ1) is 14.9. The van der Waals surface area contributed by atoms with Crippen molar-refractivity contribution >= 4 is 5.69 Å². The van der Waals surface area contributed by atoms with E-state index in [2.05, 4.69) is 74.0 Å². The smallest absolute Gasteiger partial charge is 0.113 e. The number of rotatable bonds is 2. The Balaban J connectivity index is 1.84. The minimum Gasteiger partial charge on any atom is -0.328 e. The van der Waals surface area contributed by atoms with Gasteiger partial charge in [-0.1, -0.05) is 51.0 Å². The lowest BCUT2D eigenvalue weighted by Crippen LogP contribution is -2.43. The minimum atomic E-state index is 0.137. The van der Waals surface area contributed by atoms with E-state index in [4.69, 9.17) is 0 Å². The van der Waals surface area contributed by atoms with Gasteiger partial charge in [-0.05, 0) is 44.2 Å². The molecular weight excluding hydrogens is 280 g/mol. The Morgan fingerprint density at radius 2 is 1.74 bits per heavy atom. The molecule has 0 saturated heterocycles. The zero-order valence-electron chi connectivity index (χ0n) is 14.8. The Labute approximate surface area is 140 Å². The average Bonchev–Trinajstić information content (AvgIpc) is 3.18. The molecule has 1 aromatic carbocycles. The first-order valence-corrected chi connectivity index (χ1v) is 9.04. The van der Waals surface area contributed by atoms with E-state index in [0.29, 0.717) is 6.17 Å². The predicted molar refractivity (Wildman–Crippen MR) is 96.9 cm³/mol. The maximum Gasteiger partial charge on any atom is 0.113 e. The number of aryl methyl sites for hydroxylation is 1. The molecule has 0 amide bonds. The Morgan fingerprint density at radius 3 is 2.43 bits per heavy atom. The van der Waals surface area contributed by atoms with Crippen molar-refractivity contribution in [1.29, 1.82) is 0 Å². The summed E-state index contributed by atoms with van der Waals surface area (Å²) in [6.45, 7) is 9.24. The predicted octanol–water partition coefficient (Wildman–Crippen LogP) is 5.42. The first-order chi connectivity index (χ1) is 11.0. The van der Waals surface area contributed by atoms with Crippen molar-refractivity contribution in [2.24, 2.45) is 11.3 Å². The zero-order chi connectivity index (χ0) is 16.2. The number of para-hydroxylation sites is 1. The van der Waals surface area contributed by atoms with E-state index >= 15 is 0 Å². The fraction of sp³-hybridized carbons (Fsp3) is 0.524. The van der Waals surface area contributed by atoms with Gasteiger partial charge in [-0.2, -0.15) is 0 Å². The molecule has 0 radical (unpaired) electrons. The lowest BCUT2D eigenvalue weighted by Gasteiger charge is -2.37. The van der Waals surface area contributed by atoms with Crippen molar-refractivity contribution in [3.8, 4) is 0 Å². The van der Waals surface area contributed by atoms with Crippen LogP contribution in [0.2, 0.25) is 0 Å². The normalized spacial score (nSPS) is 26.5. The fourth-order valence-electron chi connectivity index (χ4n) is 4.91. The number of benzene rings is 1. The third-order valence-corrected chi connectivity index (χ3v) is 5.97. The second-order valence-corrected chi connectivity index (χ2v) is 7.99. The van der Waals surface area contributed by atoms with Crippen LogP contribution < -0.4 is 4.90 Å². The minimum absolute atomic E-state index is 0.137. The molecule has 0 N–H and O–H groups in total. The van der Waals surface area contributed by atoms with Crippen molar-refractivity contribution in [1.82, 2.24) is 4.90 Å². The molecule has 0 spiro atoms. The molecule has 0 aromatic heterocycles. The van der Waals surface area contributed by atoms with Crippen LogP contribution in [0.1, 0.15) is 52.0 Å². The van der Waals surface area contributed by atoms with Gasteiger partial charge in [-0.3, -0.25) is 0 Å². The Kier molecular flexibility index (Phi) is 3.33. The highest BCUT2D eigenvalue weighted by molar-refractivity contribution is 5.62. The summed E-state index contributed by atoms with van der Waals surface area (Å²) in [6, 6.07) is 8.85. The lowest BCUT2D eigenvalue weighted by atomic mass is 9.90. The molecule has 0 bridgehead atoms. The number of hydrogen-bond acceptors (Lipinski definition) is 2. The number of anilines is 1. The molecule has 1 aromatic rings. The van der Waals surface area contributed by atoms with Crippen LogP contribution in [-0.2, 0) is 0 Å². The summed E-state index contributed by atoms with van der Waals surface area (Å²) < 4.78 is 0. The van der Waals surface area contributed by atoms with Gasteiger partial charge >= 0.3 is 0 Å². The largest absolute Gasteiger partial charge is 0.328 e. The summed E-state index contributed by atoms with van der Waals surface area (Å²) in [5.74, 6) is 0.764. The molecule has 122 valence electrons. The van der Waals surface area contributed by atoms with Crippen LogP contribution in [-0.4, -0.2) is 11.1 Å². The highest BCUT2D eigenvalue weighted by Gasteiger charge is 2.47. The van der Waals surface area contributed by atoms with Crippen LogP contribution >= 0.6 is 0 Å². The molecule has 1 unspecified atom stereocenters. The van der Waals surface area contributed by atoms with Crippen molar-refractivity contribution in [2.75, 3.05) is 4.90 Å². The molecule has 1 aliphatic carbocycles. The lowest BCUT2D eigenvalue weighted by molar-refractivity contribution is 0.258. The van der Waals surface area contributed by atoms with Gasteiger partial charge in [0.25, 0.3) is 0 Å². The van der Waals surface area contributed by atoms with Crippen molar-refractivity contribution in [3.63, 3.8) is 0 Å². The van der Waals surface area contributed by atoms with Gasteiger partial charge < -0.3 is 9.80 Å². The standard InChI is InChI=1S/C21H28N2/c1-15-9-5-8-12-18(15)23-16(2)19-21(3,4)13-14-22(19)20(23)17-10-6-7-11-17/h5,8-9,12-14,17,20H,6-7,10-11H2,1-4H3. The van der Waals surface area contributed by atoms with Gasteiger partial charge in [0.05, 0.1) is 0 Å². The van der Waals surface area contributed by atoms with Crippen molar-refractivity contribution in [3.05, 3.63) is 53.5 Å². The molecule has 2 heteroatoms. The van der Waals surface area contributed by atoms with E-state index in [9.17, 15) is 0 Å². The third kappa shape index (κ3) is 2.14. The summed E-state index contributed by atoms with van der Waals surface area (Å²) in [5.41, 5.74) is 5.83. The molecule has 2 aliphatic heterocycles. The highest BCUT2D eigenvalue weighted by Crippen LogP contribution is 2.51. The molecule has 4 rings (SSSR count). The summed E-state index contributed by atoms with van der Waals surface area (Å²) in [4.78, 5) is 5.21. The molecular formula is C21H28N2. The van der Waals surface area contributed by atoms with Crippen LogP contribution in [0.3, 0.4) is 0 Å². The van der Waals surface area contributed by atoms with Crippen LogP contribution in [0.15, 0.2) is 47.9 Å². The second-order valence-electron chi connectivity index (χ2n) is 7.99. The quantitative estimate of drug-likeness (QED) is 0.720. The summed E-state index contributed by atoms with van der Waals surface area (Å²) in [7, 11) is 0. The third-order valence-electron chi connectivity index (χ3n) is 5.97. The van der Waals surface area contributed by atoms with Gasteiger partial charge in [0.2, 0.25) is 0 Å². The molecule has 3 aliphatic rings. The van der Waals surface area contributed by atoms with E-state index < -0.39 is 0 Å². The van der Waals surface area contributed by atoms with Gasteiger partial charge in [0.15, 0.2) is 0 Å². The maximum absolute atomic E-state index is 2.63. The van der Waals surface area contributed by atoms with E-state index in [0.717, 1.165) is 5.92 Å². The summed E-state index contributed by atoms with van der Waals surface area (Å²) in [5, 5.41) is 0. The van der Waals surface area contributed by atoms with E-state index in [1.807, 2.05) is 0 Å². The molecule has 2 heterocycles. The average molecular weight is 308 g/mol. The van der Waals surface area contributed by atoms with Gasteiger partial charge in [-0.15, -0.1) is 0 Å². The summed E-state index contributed by atoms with van der Waals surface area (Å²) >= 11 is 0. The van der Waals surface area contributed by atoms with Gasteiger partial charge in [0.1, 0.15) is 6.17 Å². The van der Waals surface area contributed by atoms with E-state index in [1.165, 1.54) is 48.3 Å². The van der Waals surface area contributed by atoms with Crippen LogP contribution in [0.25, 0.3) is 0 Å². The molecule has 23 heavy (non-hydrogen) atoms. The second kappa shape index (κ2) is 5.15. The summed E-state index contributed by atoms with van der Waals surface area (Å²) in [6.07, 6.45) is 10.7. The highest BCUT2D eigenvalue weighted by atomic mass is 15.4. The molecule has 1 atom stereocenters. The van der Waals surface area contributed by atoms with Gasteiger partial charge in [0, 0.05) is 28.7 Å². The topological polar surface area (TPSA) is 6.48 Å². The number of nitrogens with zero attached hydrogens (tertiary/aromatic N) is 2. The van der Waals surface area contributed by atoms with Crippen molar-refractivity contribution < 1.29 is 0 Å². The molecule has 1 fully saturated rings. The van der Waals surface area contributed by atoms with E-state index in [1.54, 1.807) is 0 Å². The van der Waals surface area contributed by atoms with E-state index in [-0.39, 0.29) is 5.41 Å². The van der Waals surface area contributed by atoms with Crippen LogP contribution in [0, 0.1) is 18.3 Å². The molecule has 1 saturated carbocycles. The van der Waals surface area contributed by atoms with Crippen LogP contribution in [0.4, 0.5) is 5.69 Å². The van der Waals surface area contributed by atoms with Crippen molar-refractivity contribution in [2.45, 2.75) is 59.5 Å². The zero-order valence-corrected chi connectivity index (χ0v) is 14.8. The number of hydrogen-bond donors (Lipinski definition) is 0.